The zero-order chi connectivity index (χ0) is 30.0. The van der Waals surface area contributed by atoms with Gasteiger partial charge in [-0.3, -0.25) is 0 Å². The van der Waals surface area contributed by atoms with Gasteiger partial charge in [-0.1, -0.05) is 152 Å². The predicted molar refractivity (Wildman–Crippen MR) is 192 cm³/mol. The molecule has 0 aliphatic carbocycles. The van der Waals surface area contributed by atoms with Crippen LogP contribution in [0, 0.1) is 0 Å². The van der Waals surface area contributed by atoms with E-state index in [0.29, 0.717) is 6.61 Å². The summed E-state index contributed by atoms with van der Waals surface area (Å²) in [5, 5.41) is 8.93. The van der Waals surface area contributed by atoms with Gasteiger partial charge in [-0.15, -0.1) is 0 Å². The Kier molecular flexibility index (Phi) is 7.43. The van der Waals surface area contributed by atoms with Crippen LogP contribution in [0.4, 0.5) is 0 Å². The summed E-state index contributed by atoms with van der Waals surface area (Å²) in [6.07, 6.45) is 0.872. The fraction of sp³-hybridized carbons (Fsp3) is 0.0714. The first-order chi connectivity index (χ1) is 22.3. The molecule has 0 saturated carbocycles. The minimum absolute atomic E-state index is 0.106. The largest absolute Gasteiger partial charge is 0.475 e. The molecule has 1 aliphatic heterocycles. The normalized spacial score (nSPS) is 14.5. The van der Waals surface area contributed by atoms with Crippen LogP contribution in [0.25, 0.3) is 32.7 Å². The van der Waals surface area contributed by atoms with Gasteiger partial charge in [0.05, 0.1) is 6.04 Å². The maximum Gasteiger partial charge on any atom is 0.216 e. The molecule has 0 bridgehead atoms. The van der Waals surface area contributed by atoms with Gasteiger partial charge in [0.1, 0.15) is 6.61 Å². The molecule has 0 radical (unpaired) electrons. The second-order valence-corrected chi connectivity index (χ2v) is 13.7. The van der Waals surface area contributed by atoms with Crippen molar-refractivity contribution in [3.05, 3.63) is 175 Å². The molecule has 7 aromatic carbocycles. The summed E-state index contributed by atoms with van der Waals surface area (Å²) in [7, 11) is -0.836. The highest BCUT2D eigenvalue weighted by atomic mass is 31.1. The SMILES string of the molecule is c1ccc(C[C@H]2COC(c3cc(-c4c(P(c5ccccc5)c5ccccc5)ccc5ccccc45)c4ccccc4c3)=N2)cc1. The van der Waals surface area contributed by atoms with Crippen molar-refractivity contribution < 1.29 is 4.74 Å². The van der Waals surface area contributed by atoms with Crippen LogP contribution in [-0.2, 0) is 11.2 Å². The first-order valence-corrected chi connectivity index (χ1v) is 16.9. The quantitative estimate of drug-likeness (QED) is 0.168. The van der Waals surface area contributed by atoms with Crippen LogP contribution in [0.1, 0.15) is 11.1 Å². The van der Waals surface area contributed by atoms with Crippen molar-refractivity contribution in [3.63, 3.8) is 0 Å². The fourth-order valence-electron chi connectivity index (χ4n) is 6.52. The van der Waals surface area contributed by atoms with Gasteiger partial charge < -0.3 is 4.74 Å². The second kappa shape index (κ2) is 12.2. The Hall–Kier alpha value is -5.04. The fourth-order valence-corrected chi connectivity index (χ4v) is 9.00. The number of aliphatic imine (C=N–C) groups is 1. The van der Waals surface area contributed by atoms with Gasteiger partial charge in [-0.2, -0.15) is 0 Å². The summed E-state index contributed by atoms with van der Waals surface area (Å²) in [5.74, 6) is 0.734. The molecule has 0 amide bonds. The van der Waals surface area contributed by atoms with E-state index in [1.807, 2.05) is 0 Å². The van der Waals surface area contributed by atoms with Crippen LogP contribution in [0.15, 0.2) is 169 Å². The lowest BCUT2D eigenvalue weighted by Crippen LogP contribution is -2.22. The Morgan fingerprint density at radius 1 is 0.578 bits per heavy atom. The predicted octanol–water partition coefficient (Wildman–Crippen LogP) is 8.81. The van der Waals surface area contributed by atoms with Crippen molar-refractivity contribution in [1.82, 2.24) is 0 Å². The Balaban J connectivity index is 1.35. The van der Waals surface area contributed by atoms with Crippen LogP contribution >= 0.6 is 7.92 Å². The van der Waals surface area contributed by atoms with Gasteiger partial charge in [0.15, 0.2) is 0 Å². The summed E-state index contributed by atoms with van der Waals surface area (Å²) < 4.78 is 6.32. The van der Waals surface area contributed by atoms with Crippen molar-refractivity contribution >= 4 is 51.3 Å². The molecular weight excluding hydrogens is 565 g/mol. The van der Waals surface area contributed by atoms with Crippen molar-refractivity contribution in [2.45, 2.75) is 12.5 Å². The number of ether oxygens (including phenoxy) is 1. The lowest BCUT2D eigenvalue weighted by atomic mass is 9.92. The zero-order valence-corrected chi connectivity index (χ0v) is 25.8. The smallest absolute Gasteiger partial charge is 0.216 e. The molecule has 45 heavy (non-hydrogen) atoms. The molecule has 2 nitrogen and oxygen atoms in total. The average Bonchev–Trinajstić information content (AvgIpc) is 3.58. The van der Waals surface area contributed by atoms with Crippen LogP contribution in [-0.4, -0.2) is 18.5 Å². The van der Waals surface area contributed by atoms with Gasteiger partial charge in [-0.05, 0) is 80.6 Å². The third kappa shape index (κ3) is 5.43. The minimum Gasteiger partial charge on any atom is -0.475 e. The molecule has 1 heterocycles. The van der Waals surface area contributed by atoms with Gasteiger partial charge >= 0.3 is 0 Å². The molecule has 0 unspecified atom stereocenters. The maximum atomic E-state index is 6.32. The first kappa shape index (κ1) is 27.5. The maximum absolute atomic E-state index is 6.32. The van der Waals surface area contributed by atoms with Crippen molar-refractivity contribution in [1.29, 1.82) is 0 Å². The Morgan fingerprint density at radius 3 is 1.89 bits per heavy atom. The Morgan fingerprint density at radius 2 is 1.18 bits per heavy atom. The summed E-state index contributed by atoms with van der Waals surface area (Å²) >= 11 is 0. The Labute approximate surface area is 265 Å². The zero-order valence-electron chi connectivity index (χ0n) is 24.9. The van der Waals surface area contributed by atoms with E-state index in [1.54, 1.807) is 0 Å². The Bertz CT molecular complexity index is 2100. The van der Waals surface area contributed by atoms with E-state index in [9.17, 15) is 0 Å². The summed E-state index contributed by atoms with van der Waals surface area (Å²) in [6.45, 7) is 0.596. The topological polar surface area (TPSA) is 21.6 Å². The van der Waals surface area contributed by atoms with Crippen molar-refractivity contribution in [2.24, 2.45) is 4.99 Å². The highest BCUT2D eigenvalue weighted by Gasteiger charge is 2.25. The molecule has 8 rings (SSSR count). The average molecular weight is 598 g/mol. The standard InChI is InChI=1S/C42H32NOP/c1-4-14-30(15-5-1)26-34-29-44-42(43-34)33-27-32-17-11-12-22-37(32)39(28-33)41-38-23-13-10-16-31(38)24-25-40(41)45(35-18-6-2-7-19-35)36-20-8-3-9-21-36/h1-25,27-28,34H,26,29H2/t34-/m0/s1. The summed E-state index contributed by atoms with van der Waals surface area (Å²) in [5.41, 5.74) is 4.81. The van der Waals surface area contributed by atoms with E-state index >= 15 is 0 Å². The molecule has 0 spiro atoms. The van der Waals surface area contributed by atoms with Gasteiger partial charge in [0.2, 0.25) is 5.90 Å². The van der Waals surface area contributed by atoms with E-state index in [0.717, 1.165) is 17.9 Å². The summed E-state index contributed by atoms with van der Waals surface area (Å²) in [6, 6.07) is 59.4. The van der Waals surface area contributed by atoms with Gasteiger partial charge in [0.25, 0.3) is 0 Å². The number of rotatable bonds is 7. The van der Waals surface area contributed by atoms with E-state index in [2.05, 4.69) is 164 Å². The molecule has 0 aromatic heterocycles. The van der Waals surface area contributed by atoms with Crippen molar-refractivity contribution in [3.8, 4) is 11.1 Å². The van der Waals surface area contributed by atoms with Gasteiger partial charge in [0, 0.05) is 5.56 Å². The number of benzene rings is 7. The molecule has 0 saturated heterocycles. The van der Waals surface area contributed by atoms with E-state index in [4.69, 9.17) is 9.73 Å². The molecule has 3 heteroatoms. The van der Waals surface area contributed by atoms with E-state index in [1.165, 1.54) is 54.1 Å². The lowest BCUT2D eigenvalue weighted by Gasteiger charge is -2.25. The lowest BCUT2D eigenvalue weighted by molar-refractivity contribution is 0.317. The van der Waals surface area contributed by atoms with E-state index < -0.39 is 7.92 Å². The highest BCUT2D eigenvalue weighted by Crippen LogP contribution is 2.42. The number of hydrogen-bond donors (Lipinski definition) is 0. The molecule has 0 N–H and O–H groups in total. The van der Waals surface area contributed by atoms with Crippen molar-refractivity contribution in [2.75, 3.05) is 6.61 Å². The number of hydrogen-bond acceptors (Lipinski definition) is 2. The minimum atomic E-state index is -0.836. The molecule has 1 atom stereocenters. The van der Waals surface area contributed by atoms with Crippen LogP contribution in [0.3, 0.4) is 0 Å². The third-order valence-corrected chi connectivity index (χ3v) is 11.1. The monoisotopic (exact) mass is 597 g/mol. The molecular formula is C42H32NOP. The van der Waals surface area contributed by atoms with Gasteiger partial charge in [-0.25, -0.2) is 4.99 Å². The van der Waals surface area contributed by atoms with Crippen LogP contribution in [0.2, 0.25) is 0 Å². The molecule has 0 fully saturated rings. The first-order valence-electron chi connectivity index (χ1n) is 15.5. The molecule has 7 aromatic rings. The van der Waals surface area contributed by atoms with Crippen LogP contribution in [0.5, 0.6) is 0 Å². The van der Waals surface area contributed by atoms with Crippen LogP contribution < -0.4 is 15.9 Å². The highest BCUT2D eigenvalue weighted by molar-refractivity contribution is 7.80. The molecule has 1 aliphatic rings. The number of fused-ring (bicyclic) bond motifs is 2. The van der Waals surface area contributed by atoms with E-state index in [-0.39, 0.29) is 6.04 Å². The second-order valence-electron chi connectivity index (χ2n) is 11.5. The number of nitrogens with zero attached hydrogens (tertiary/aromatic N) is 1. The third-order valence-electron chi connectivity index (χ3n) is 8.58. The summed E-state index contributed by atoms with van der Waals surface area (Å²) in [4.78, 5) is 5.11. The molecule has 216 valence electrons.